The summed E-state index contributed by atoms with van der Waals surface area (Å²) >= 11 is 0. The van der Waals surface area contributed by atoms with Crippen molar-refractivity contribution >= 4 is 17.9 Å². The number of carboxylic acids is 1. The molecular weight excluding hydrogens is 262 g/mol. The molecule has 0 aromatic heterocycles. The van der Waals surface area contributed by atoms with Gasteiger partial charge in [0, 0.05) is 33.6 Å². The van der Waals surface area contributed by atoms with Crippen molar-refractivity contribution in [2.45, 2.75) is 32.2 Å². The first-order chi connectivity index (χ1) is 9.34. The smallest absolute Gasteiger partial charge is 0.326 e. The molecule has 0 aromatic rings. The number of hydrogen-bond donors (Lipinski definition) is 2. The quantitative estimate of drug-likeness (QED) is 0.780. The van der Waals surface area contributed by atoms with Gasteiger partial charge in [-0.15, -0.1) is 0 Å². The maximum atomic E-state index is 12.0. The van der Waals surface area contributed by atoms with Crippen molar-refractivity contribution in [1.29, 1.82) is 0 Å². The number of urea groups is 1. The summed E-state index contributed by atoms with van der Waals surface area (Å²) in [4.78, 5) is 37.5. The van der Waals surface area contributed by atoms with Crippen molar-refractivity contribution in [3.63, 3.8) is 0 Å². The van der Waals surface area contributed by atoms with Crippen molar-refractivity contribution < 1.29 is 19.5 Å². The molecule has 114 valence electrons. The molecular formula is C13H23N3O4. The van der Waals surface area contributed by atoms with E-state index in [0.29, 0.717) is 6.54 Å². The number of carboxylic acid groups (broad SMARTS) is 1. The fraction of sp³-hybridized carbons (Fsp3) is 0.769. The van der Waals surface area contributed by atoms with Crippen LogP contribution in [0.2, 0.25) is 0 Å². The third-order valence-corrected chi connectivity index (χ3v) is 3.56. The van der Waals surface area contributed by atoms with Crippen LogP contribution in [-0.4, -0.2) is 66.0 Å². The minimum absolute atomic E-state index is 0.0598. The number of nitrogens with one attached hydrogen (secondary N) is 1. The maximum Gasteiger partial charge on any atom is 0.326 e. The Balaban J connectivity index is 2.52. The van der Waals surface area contributed by atoms with E-state index in [2.05, 4.69) is 5.32 Å². The van der Waals surface area contributed by atoms with Crippen LogP contribution in [0.4, 0.5) is 4.79 Å². The van der Waals surface area contributed by atoms with Gasteiger partial charge in [0.15, 0.2) is 0 Å². The van der Waals surface area contributed by atoms with Crippen LogP contribution in [0.5, 0.6) is 0 Å². The molecule has 0 aliphatic carbocycles. The van der Waals surface area contributed by atoms with Crippen molar-refractivity contribution in [1.82, 2.24) is 15.1 Å². The molecule has 1 fully saturated rings. The molecule has 2 atom stereocenters. The van der Waals surface area contributed by atoms with Gasteiger partial charge in [-0.05, 0) is 18.8 Å². The highest BCUT2D eigenvalue weighted by Gasteiger charge is 2.36. The Morgan fingerprint density at radius 1 is 1.35 bits per heavy atom. The van der Waals surface area contributed by atoms with Gasteiger partial charge in [0.25, 0.3) is 0 Å². The number of aliphatic carboxylic acids is 1. The Bertz CT molecular complexity index is 384. The fourth-order valence-electron chi connectivity index (χ4n) is 2.39. The standard InChI is InChI=1S/C13H23N3O4/c1-9-5-4-8-16(11(9)12(18)19)13(20)14-7-6-10(17)15(2)3/h9,11H,4-8H2,1-3H3,(H,14,20)(H,18,19). The second-order valence-electron chi connectivity index (χ2n) is 5.37. The van der Waals surface area contributed by atoms with Gasteiger partial charge in [0.2, 0.25) is 5.91 Å². The van der Waals surface area contributed by atoms with Gasteiger partial charge < -0.3 is 20.2 Å². The summed E-state index contributed by atoms with van der Waals surface area (Å²) in [7, 11) is 3.30. The lowest BCUT2D eigenvalue weighted by molar-refractivity contribution is -0.145. The first-order valence-corrected chi connectivity index (χ1v) is 6.82. The summed E-state index contributed by atoms with van der Waals surface area (Å²) < 4.78 is 0. The van der Waals surface area contributed by atoms with E-state index in [9.17, 15) is 19.5 Å². The number of rotatable bonds is 4. The van der Waals surface area contributed by atoms with E-state index in [1.165, 1.54) is 9.80 Å². The number of nitrogens with zero attached hydrogens (tertiary/aromatic N) is 2. The molecule has 0 aromatic carbocycles. The molecule has 2 N–H and O–H groups in total. The Labute approximate surface area is 118 Å². The second kappa shape index (κ2) is 7.12. The van der Waals surface area contributed by atoms with Crippen molar-refractivity contribution in [3.05, 3.63) is 0 Å². The molecule has 2 unspecified atom stereocenters. The van der Waals surface area contributed by atoms with Crippen molar-refractivity contribution in [2.24, 2.45) is 5.92 Å². The van der Waals surface area contributed by atoms with Gasteiger partial charge in [0.1, 0.15) is 6.04 Å². The number of piperidine rings is 1. The predicted octanol–water partition coefficient (Wildman–Crippen LogP) is 0.359. The van der Waals surface area contributed by atoms with Crippen molar-refractivity contribution in [3.8, 4) is 0 Å². The van der Waals surface area contributed by atoms with Crippen LogP contribution in [0.3, 0.4) is 0 Å². The Morgan fingerprint density at radius 3 is 2.55 bits per heavy atom. The first-order valence-electron chi connectivity index (χ1n) is 6.82. The highest BCUT2D eigenvalue weighted by atomic mass is 16.4. The van der Waals surface area contributed by atoms with Crippen LogP contribution < -0.4 is 5.32 Å². The van der Waals surface area contributed by atoms with Gasteiger partial charge in [-0.3, -0.25) is 4.79 Å². The zero-order chi connectivity index (χ0) is 15.3. The van der Waals surface area contributed by atoms with Crippen LogP contribution in [-0.2, 0) is 9.59 Å². The molecule has 1 saturated heterocycles. The van der Waals surface area contributed by atoms with E-state index in [4.69, 9.17) is 0 Å². The Kier molecular flexibility index (Phi) is 5.79. The van der Waals surface area contributed by atoms with E-state index in [-0.39, 0.29) is 24.8 Å². The molecule has 1 heterocycles. The van der Waals surface area contributed by atoms with Crippen LogP contribution in [0, 0.1) is 5.92 Å². The minimum atomic E-state index is -0.975. The van der Waals surface area contributed by atoms with Gasteiger partial charge in [-0.1, -0.05) is 6.92 Å². The molecule has 0 saturated carbocycles. The van der Waals surface area contributed by atoms with E-state index >= 15 is 0 Å². The highest BCUT2D eigenvalue weighted by Crippen LogP contribution is 2.23. The average molecular weight is 285 g/mol. The zero-order valence-electron chi connectivity index (χ0n) is 12.3. The fourth-order valence-corrected chi connectivity index (χ4v) is 2.39. The normalized spacial score (nSPS) is 22.2. The lowest BCUT2D eigenvalue weighted by Crippen LogP contribution is -2.55. The van der Waals surface area contributed by atoms with Gasteiger partial charge in [-0.2, -0.15) is 0 Å². The van der Waals surface area contributed by atoms with Gasteiger partial charge in [0.05, 0.1) is 0 Å². The zero-order valence-corrected chi connectivity index (χ0v) is 12.3. The maximum absolute atomic E-state index is 12.0. The summed E-state index contributed by atoms with van der Waals surface area (Å²) in [6, 6.07) is -1.19. The molecule has 0 radical (unpaired) electrons. The van der Waals surface area contributed by atoms with E-state index in [1.54, 1.807) is 14.1 Å². The number of carbonyl (C=O) groups is 3. The molecule has 1 aliphatic rings. The van der Waals surface area contributed by atoms with Gasteiger partial charge in [-0.25, -0.2) is 9.59 Å². The predicted molar refractivity (Wildman–Crippen MR) is 73.2 cm³/mol. The molecule has 0 spiro atoms. The summed E-state index contributed by atoms with van der Waals surface area (Å²) in [5, 5.41) is 11.9. The largest absolute Gasteiger partial charge is 0.480 e. The van der Waals surface area contributed by atoms with E-state index < -0.39 is 18.0 Å². The molecule has 1 rings (SSSR count). The summed E-state index contributed by atoms with van der Waals surface area (Å²) in [6.45, 7) is 2.50. The van der Waals surface area contributed by atoms with E-state index in [0.717, 1.165) is 12.8 Å². The number of hydrogen-bond acceptors (Lipinski definition) is 3. The molecule has 20 heavy (non-hydrogen) atoms. The van der Waals surface area contributed by atoms with Crippen LogP contribution >= 0.6 is 0 Å². The summed E-state index contributed by atoms with van der Waals surface area (Å²) in [5.74, 6) is -1.11. The monoisotopic (exact) mass is 285 g/mol. The average Bonchev–Trinajstić information content (AvgIpc) is 2.37. The van der Waals surface area contributed by atoms with Crippen LogP contribution in [0.1, 0.15) is 26.2 Å². The molecule has 1 aliphatic heterocycles. The Morgan fingerprint density at radius 2 is 2.00 bits per heavy atom. The van der Waals surface area contributed by atoms with Gasteiger partial charge >= 0.3 is 12.0 Å². The number of carbonyl (C=O) groups excluding carboxylic acids is 2. The molecule has 7 nitrogen and oxygen atoms in total. The first kappa shape index (κ1) is 16.3. The number of likely N-dealkylation sites (tertiary alicyclic amines) is 1. The SMILES string of the molecule is CC1CCCN(C(=O)NCCC(=O)N(C)C)C1C(=O)O. The molecule has 3 amide bonds. The van der Waals surface area contributed by atoms with Crippen LogP contribution in [0.25, 0.3) is 0 Å². The van der Waals surface area contributed by atoms with E-state index in [1.807, 2.05) is 6.92 Å². The molecule has 0 bridgehead atoms. The lowest BCUT2D eigenvalue weighted by Gasteiger charge is -2.37. The van der Waals surface area contributed by atoms with Crippen LogP contribution in [0.15, 0.2) is 0 Å². The highest BCUT2D eigenvalue weighted by molar-refractivity contribution is 5.83. The second-order valence-corrected chi connectivity index (χ2v) is 5.37. The summed E-state index contributed by atoms with van der Waals surface area (Å²) in [5.41, 5.74) is 0. The lowest BCUT2D eigenvalue weighted by atomic mass is 9.91. The minimum Gasteiger partial charge on any atom is -0.480 e. The molecule has 7 heteroatoms. The third kappa shape index (κ3) is 4.11. The third-order valence-electron chi connectivity index (χ3n) is 3.56. The summed E-state index contributed by atoms with van der Waals surface area (Å²) in [6.07, 6.45) is 1.81. The number of amides is 3. The topological polar surface area (TPSA) is 90.0 Å². The van der Waals surface area contributed by atoms with Crippen molar-refractivity contribution in [2.75, 3.05) is 27.2 Å². The Hall–Kier alpha value is -1.79.